The molecular weight excluding hydrogens is 367 g/mol. The Hall–Kier alpha value is -1.21. The Bertz CT molecular complexity index is 544. The Morgan fingerprint density at radius 1 is 1.05 bits per heavy atom. The van der Waals surface area contributed by atoms with Crippen molar-refractivity contribution in [3.8, 4) is 5.75 Å². The fourth-order valence-electron chi connectivity index (χ4n) is 1.25. The Morgan fingerprint density at radius 3 is 2.14 bits per heavy atom. The van der Waals surface area contributed by atoms with Crippen molar-refractivity contribution in [3.05, 3.63) is 47.1 Å². The van der Waals surface area contributed by atoms with Crippen molar-refractivity contribution in [1.82, 2.24) is 4.98 Å². The van der Waals surface area contributed by atoms with Gasteiger partial charge in [0.2, 0.25) is 0 Å². The van der Waals surface area contributed by atoms with Gasteiger partial charge in [-0.05, 0) is 52.3 Å². The first kappa shape index (κ1) is 17.8. The molecular formula is C14H13BrF3NOS. The molecule has 0 aliphatic heterocycles. The largest absolute Gasteiger partial charge is 0.573 e. The number of pyridine rings is 1. The highest BCUT2D eigenvalue weighted by atomic mass is 79.9. The molecule has 0 spiro atoms. The molecule has 1 aromatic heterocycles. The number of alkyl halides is 3. The zero-order chi connectivity index (χ0) is 15.9. The van der Waals surface area contributed by atoms with E-state index in [9.17, 15) is 13.2 Å². The van der Waals surface area contributed by atoms with Crippen LogP contribution in [0.4, 0.5) is 13.2 Å². The topological polar surface area (TPSA) is 22.1 Å². The summed E-state index contributed by atoms with van der Waals surface area (Å²) in [7, 11) is 0. The van der Waals surface area contributed by atoms with Gasteiger partial charge in [-0.1, -0.05) is 25.6 Å². The molecule has 7 heteroatoms. The van der Waals surface area contributed by atoms with Crippen molar-refractivity contribution in [2.45, 2.75) is 30.1 Å². The van der Waals surface area contributed by atoms with Crippen molar-refractivity contribution in [2.24, 2.45) is 0 Å². The fraction of sp³-hybridized carbons (Fsp3) is 0.214. The molecule has 0 saturated heterocycles. The van der Waals surface area contributed by atoms with E-state index in [2.05, 4.69) is 25.7 Å². The molecule has 114 valence electrons. The molecule has 0 fully saturated rings. The number of halogens is 4. The quantitative estimate of drug-likeness (QED) is 0.660. The molecule has 21 heavy (non-hydrogen) atoms. The summed E-state index contributed by atoms with van der Waals surface area (Å²) in [5.74, 6) is -0.236. The van der Waals surface area contributed by atoms with Gasteiger partial charge in [0.15, 0.2) is 0 Å². The molecule has 0 N–H and O–H groups in total. The van der Waals surface area contributed by atoms with E-state index < -0.39 is 6.36 Å². The molecule has 0 amide bonds. The molecule has 2 nitrogen and oxygen atoms in total. The van der Waals surface area contributed by atoms with E-state index in [-0.39, 0.29) is 5.75 Å². The number of aromatic nitrogens is 1. The van der Waals surface area contributed by atoms with Crippen LogP contribution in [-0.2, 0) is 0 Å². The lowest BCUT2D eigenvalue weighted by molar-refractivity contribution is -0.274. The third kappa shape index (κ3) is 6.86. The van der Waals surface area contributed by atoms with Crippen molar-refractivity contribution in [1.29, 1.82) is 0 Å². The second-order valence-electron chi connectivity index (χ2n) is 3.44. The molecule has 0 atom stereocenters. The maximum atomic E-state index is 12.0. The van der Waals surface area contributed by atoms with Crippen LogP contribution in [-0.4, -0.2) is 11.3 Å². The van der Waals surface area contributed by atoms with E-state index in [1.165, 1.54) is 23.9 Å². The second kappa shape index (κ2) is 8.29. The summed E-state index contributed by atoms with van der Waals surface area (Å²) in [6.45, 7) is 4.00. The summed E-state index contributed by atoms with van der Waals surface area (Å²) in [5, 5.41) is 0.757. The summed E-state index contributed by atoms with van der Waals surface area (Å²) in [4.78, 5) is 4.94. The monoisotopic (exact) mass is 379 g/mol. The summed E-state index contributed by atoms with van der Waals surface area (Å²) < 4.78 is 40.6. The first-order valence-electron chi connectivity index (χ1n) is 6.07. The van der Waals surface area contributed by atoms with E-state index in [4.69, 9.17) is 0 Å². The molecule has 1 aromatic carbocycles. The third-order valence-corrected chi connectivity index (χ3v) is 3.41. The lowest BCUT2D eigenvalue weighted by Crippen LogP contribution is -2.16. The Balaban J connectivity index is 0.00000106. The van der Waals surface area contributed by atoms with Crippen molar-refractivity contribution in [2.75, 3.05) is 0 Å². The van der Waals surface area contributed by atoms with Crippen LogP contribution in [0.15, 0.2) is 57.0 Å². The zero-order valence-electron chi connectivity index (χ0n) is 11.3. The highest BCUT2D eigenvalue weighted by Gasteiger charge is 2.30. The van der Waals surface area contributed by atoms with Gasteiger partial charge in [0.05, 0.1) is 0 Å². The minimum Gasteiger partial charge on any atom is -0.406 e. The smallest absolute Gasteiger partial charge is 0.406 e. The van der Waals surface area contributed by atoms with Gasteiger partial charge in [-0.15, -0.1) is 13.2 Å². The lowest BCUT2D eigenvalue weighted by Gasteiger charge is -2.09. The van der Waals surface area contributed by atoms with Crippen LogP contribution in [0.25, 0.3) is 0 Å². The maximum absolute atomic E-state index is 12.0. The molecule has 0 bridgehead atoms. The number of rotatable bonds is 3. The Morgan fingerprint density at radius 2 is 1.67 bits per heavy atom. The van der Waals surface area contributed by atoms with Gasteiger partial charge >= 0.3 is 6.36 Å². The average Bonchev–Trinajstić information content (AvgIpc) is 2.44. The van der Waals surface area contributed by atoms with Crippen molar-refractivity contribution >= 4 is 27.7 Å². The first-order valence-corrected chi connectivity index (χ1v) is 7.68. The maximum Gasteiger partial charge on any atom is 0.573 e. The highest BCUT2D eigenvalue weighted by molar-refractivity contribution is 9.10. The van der Waals surface area contributed by atoms with Crippen molar-refractivity contribution in [3.63, 3.8) is 0 Å². The van der Waals surface area contributed by atoms with E-state index in [0.29, 0.717) is 0 Å². The third-order valence-electron chi connectivity index (χ3n) is 1.98. The standard InChI is InChI=1S/C12H7BrF3NOS.C2H6/c13-8-1-6-11(17-7-8)19-10-4-2-9(3-5-10)18-12(14,15)16;1-2/h1-7H;1-2H3. The summed E-state index contributed by atoms with van der Waals surface area (Å²) >= 11 is 4.63. The number of ether oxygens (including phenoxy) is 1. The predicted molar refractivity (Wildman–Crippen MR) is 80.5 cm³/mol. The number of nitrogens with zero attached hydrogens (tertiary/aromatic N) is 1. The van der Waals surface area contributed by atoms with Gasteiger partial charge in [0, 0.05) is 15.6 Å². The van der Waals surface area contributed by atoms with Gasteiger partial charge in [-0.2, -0.15) is 0 Å². The van der Waals surface area contributed by atoms with Crippen LogP contribution >= 0.6 is 27.7 Å². The second-order valence-corrected chi connectivity index (χ2v) is 5.45. The van der Waals surface area contributed by atoms with E-state index >= 15 is 0 Å². The highest BCUT2D eigenvalue weighted by Crippen LogP contribution is 2.29. The van der Waals surface area contributed by atoms with Gasteiger partial charge in [0.1, 0.15) is 10.8 Å². The number of hydrogen-bond donors (Lipinski definition) is 0. The molecule has 0 saturated carbocycles. The van der Waals surface area contributed by atoms with Crippen LogP contribution in [0.2, 0.25) is 0 Å². The number of hydrogen-bond acceptors (Lipinski definition) is 3. The Kier molecular flexibility index (Phi) is 7.04. The lowest BCUT2D eigenvalue weighted by atomic mass is 10.3. The fourth-order valence-corrected chi connectivity index (χ4v) is 2.24. The number of benzene rings is 1. The first-order chi connectivity index (χ1) is 9.92. The van der Waals surface area contributed by atoms with Crippen LogP contribution in [0.3, 0.4) is 0 Å². The molecule has 0 radical (unpaired) electrons. The van der Waals surface area contributed by atoms with E-state index in [1.807, 2.05) is 26.0 Å². The SMILES string of the molecule is CC.FC(F)(F)Oc1ccc(Sc2ccc(Br)cn2)cc1. The van der Waals surface area contributed by atoms with Gasteiger partial charge in [-0.25, -0.2) is 4.98 Å². The Labute approximate surface area is 133 Å². The molecule has 1 heterocycles. The van der Waals surface area contributed by atoms with E-state index in [0.717, 1.165) is 14.4 Å². The molecule has 2 rings (SSSR count). The predicted octanol–water partition coefficient (Wildman–Crippen LogP) is 5.92. The van der Waals surface area contributed by atoms with E-state index in [1.54, 1.807) is 18.3 Å². The summed E-state index contributed by atoms with van der Waals surface area (Å²) in [6.07, 6.45) is -3.01. The minimum absolute atomic E-state index is 0.236. The minimum atomic E-state index is -4.66. The van der Waals surface area contributed by atoms with Crippen LogP contribution in [0, 0.1) is 0 Å². The van der Waals surface area contributed by atoms with Crippen molar-refractivity contribution < 1.29 is 17.9 Å². The van der Waals surface area contributed by atoms with Gasteiger partial charge in [-0.3, -0.25) is 0 Å². The van der Waals surface area contributed by atoms with Crippen LogP contribution in [0.5, 0.6) is 5.75 Å². The zero-order valence-corrected chi connectivity index (χ0v) is 13.7. The average molecular weight is 380 g/mol. The molecule has 0 aliphatic rings. The summed E-state index contributed by atoms with van der Waals surface area (Å²) in [5.41, 5.74) is 0. The molecule has 0 aliphatic carbocycles. The summed E-state index contributed by atoms with van der Waals surface area (Å²) in [6, 6.07) is 9.31. The molecule has 0 unspecified atom stereocenters. The van der Waals surface area contributed by atoms with Crippen LogP contribution in [0.1, 0.15) is 13.8 Å². The van der Waals surface area contributed by atoms with Gasteiger partial charge < -0.3 is 4.74 Å². The molecule has 2 aromatic rings. The normalized spacial score (nSPS) is 10.6. The van der Waals surface area contributed by atoms with Crippen LogP contribution < -0.4 is 4.74 Å². The van der Waals surface area contributed by atoms with Gasteiger partial charge in [0.25, 0.3) is 0 Å².